The molecule has 0 radical (unpaired) electrons. The molecule has 1 amide bonds. The number of anilines is 1. The molecule has 116 valence electrons. The van der Waals surface area contributed by atoms with E-state index in [-0.39, 0.29) is 11.7 Å². The monoisotopic (exact) mass is 344 g/mol. The summed E-state index contributed by atoms with van der Waals surface area (Å²) in [6, 6.07) is 14.0. The van der Waals surface area contributed by atoms with Crippen molar-refractivity contribution in [2.24, 2.45) is 4.99 Å². The number of thioether (sulfide) groups is 1. The van der Waals surface area contributed by atoms with Gasteiger partial charge in [0, 0.05) is 17.8 Å². The molecule has 0 saturated heterocycles. The second-order valence-corrected chi connectivity index (χ2v) is 6.32. The molecule has 1 N–H and O–H groups in total. The van der Waals surface area contributed by atoms with E-state index in [0.717, 1.165) is 11.3 Å². The Labute approximate surface area is 143 Å². The molecule has 6 heteroatoms. The van der Waals surface area contributed by atoms with Gasteiger partial charge in [-0.3, -0.25) is 4.79 Å². The van der Waals surface area contributed by atoms with Crippen LogP contribution in [0.4, 0.5) is 5.69 Å². The smallest absolute Gasteiger partial charge is 0.286 e. The first-order chi connectivity index (χ1) is 11.0. The fourth-order valence-electron chi connectivity index (χ4n) is 2.06. The molecule has 2 aromatic rings. The lowest BCUT2D eigenvalue weighted by atomic mass is 10.2. The fraction of sp³-hybridized carbons (Fsp3) is 0.0588. The fourth-order valence-corrected chi connectivity index (χ4v) is 3.14. The summed E-state index contributed by atoms with van der Waals surface area (Å²) in [7, 11) is 1.82. The summed E-state index contributed by atoms with van der Waals surface area (Å²) >= 11 is 7.42. The van der Waals surface area contributed by atoms with E-state index in [1.54, 1.807) is 41.3 Å². The van der Waals surface area contributed by atoms with Crippen molar-refractivity contribution in [3.8, 4) is 5.75 Å². The molecule has 1 aliphatic heterocycles. The van der Waals surface area contributed by atoms with Gasteiger partial charge in [0.05, 0.1) is 4.91 Å². The normalized spacial score (nSPS) is 15.8. The summed E-state index contributed by atoms with van der Waals surface area (Å²) in [6.07, 6.45) is 1.75. The van der Waals surface area contributed by atoms with Gasteiger partial charge in [0.15, 0.2) is 5.17 Å². The molecule has 0 atom stereocenters. The number of amidine groups is 1. The molecule has 0 spiro atoms. The Morgan fingerprint density at radius 3 is 2.57 bits per heavy atom. The molecule has 0 saturated carbocycles. The lowest BCUT2D eigenvalue weighted by Crippen LogP contribution is -2.21. The molecule has 0 unspecified atom stereocenters. The molecule has 23 heavy (non-hydrogen) atoms. The van der Waals surface area contributed by atoms with Crippen molar-refractivity contribution in [3.05, 3.63) is 64.0 Å². The summed E-state index contributed by atoms with van der Waals surface area (Å²) in [5.41, 5.74) is 1.62. The van der Waals surface area contributed by atoms with Crippen molar-refractivity contribution in [3.63, 3.8) is 0 Å². The average molecular weight is 345 g/mol. The first-order valence-corrected chi connectivity index (χ1v) is 8.04. The van der Waals surface area contributed by atoms with Crippen LogP contribution in [0.3, 0.4) is 0 Å². The zero-order valence-corrected chi connectivity index (χ0v) is 13.8. The zero-order valence-electron chi connectivity index (χ0n) is 12.2. The number of halogens is 1. The van der Waals surface area contributed by atoms with Crippen LogP contribution >= 0.6 is 23.4 Å². The minimum Gasteiger partial charge on any atom is -0.508 e. The highest BCUT2D eigenvalue weighted by molar-refractivity contribution is 8.18. The number of hydrogen-bond acceptors (Lipinski definition) is 4. The van der Waals surface area contributed by atoms with Gasteiger partial charge in [0.25, 0.3) is 5.91 Å². The third kappa shape index (κ3) is 3.41. The van der Waals surface area contributed by atoms with E-state index in [1.165, 1.54) is 11.8 Å². The Hall–Kier alpha value is -2.24. The lowest BCUT2D eigenvalue weighted by molar-refractivity contribution is -0.113. The maximum absolute atomic E-state index is 12.1. The van der Waals surface area contributed by atoms with Crippen molar-refractivity contribution in [1.82, 2.24) is 0 Å². The van der Waals surface area contributed by atoms with Gasteiger partial charge in [0.1, 0.15) is 5.75 Å². The van der Waals surface area contributed by atoms with E-state index in [9.17, 15) is 9.90 Å². The van der Waals surface area contributed by atoms with Gasteiger partial charge in [0.2, 0.25) is 0 Å². The van der Waals surface area contributed by atoms with E-state index in [2.05, 4.69) is 4.99 Å². The first-order valence-electron chi connectivity index (χ1n) is 6.84. The number of rotatable bonds is 2. The van der Waals surface area contributed by atoms with E-state index in [4.69, 9.17) is 11.6 Å². The lowest BCUT2D eigenvalue weighted by Gasteiger charge is -2.17. The standard InChI is InChI=1S/C17H13ClN2O2S/c1-20(12-6-8-13(21)9-7-12)17-19-16(22)15(23-17)10-11-4-2-3-5-14(11)18/h2-10,21H,1H3/b15-10-. The number of benzene rings is 2. The Morgan fingerprint density at radius 2 is 1.87 bits per heavy atom. The summed E-state index contributed by atoms with van der Waals surface area (Å²) in [5, 5.41) is 10.5. The van der Waals surface area contributed by atoms with Crippen LogP contribution in [0.2, 0.25) is 5.02 Å². The van der Waals surface area contributed by atoms with Crippen LogP contribution in [-0.4, -0.2) is 23.2 Å². The number of amides is 1. The first kappa shape index (κ1) is 15.6. The van der Waals surface area contributed by atoms with Gasteiger partial charge in [-0.15, -0.1) is 0 Å². The summed E-state index contributed by atoms with van der Waals surface area (Å²) in [4.78, 5) is 18.5. The second kappa shape index (κ2) is 6.48. The van der Waals surface area contributed by atoms with Gasteiger partial charge >= 0.3 is 0 Å². The average Bonchev–Trinajstić information content (AvgIpc) is 2.91. The molecule has 2 aromatic carbocycles. The van der Waals surface area contributed by atoms with Crippen molar-refractivity contribution in [1.29, 1.82) is 0 Å². The maximum Gasteiger partial charge on any atom is 0.286 e. The topological polar surface area (TPSA) is 52.9 Å². The maximum atomic E-state index is 12.1. The number of carbonyl (C=O) groups excluding carboxylic acids is 1. The molecule has 0 aliphatic carbocycles. The number of hydrogen-bond donors (Lipinski definition) is 1. The number of nitrogens with zero attached hydrogens (tertiary/aromatic N) is 2. The van der Waals surface area contributed by atoms with Crippen LogP contribution in [0.25, 0.3) is 6.08 Å². The quantitative estimate of drug-likeness (QED) is 0.831. The highest BCUT2D eigenvalue weighted by Gasteiger charge is 2.25. The van der Waals surface area contributed by atoms with E-state index < -0.39 is 0 Å². The molecule has 0 fully saturated rings. The number of aromatic hydroxyl groups is 1. The largest absolute Gasteiger partial charge is 0.508 e. The van der Waals surface area contributed by atoms with Gasteiger partial charge in [-0.1, -0.05) is 29.8 Å². The molecule has 1 heterocycles. The zero-order chi connectivity index (χ0) is 16.4. The van der Waals surface area contributed by atoms with Crippen molar-refractivity contribution in [2.75, 3.05) is 11.9 Å². The predicted octanol–water partition coefficient (Wildman–Crippen LogP) is 4.15. The molecule has 0 aromatic heterocycles. The summed E-state index contributed by atoms with van der Waals surface area (Å²) in [6.45, 7) is 0. The molecule has 4 nitrogen and oxygen atoms in total. The molecule has 0 bridgehead atoms. The Balaban J connectivity index is 1.82. The highest BCUT2D eigenvalue weighted by Crippen LogP contribution is 2.33. The summed E-state index contributed by atoms with van der Waals surface area (Å²) in [5.74, 6) is -0.0888. The van der Waals surface area contributed by atoms with Gasteiger partial charge in [-0.05, 0) is 53.7 Å². The van der Waals surface area contributed by atoms with Crippen LogP contribution in [0.15, 0.2) is 58.4 Å². The van der Waals surface area contributed by atoms with Crippen LogP contribution in [-0.2, 0) is 4.79 Å². The highest BCUT2D eigenvalue weighted by atomic mass is 35.5. The molecule has 3 rings (SSSR count). The Bertz CT molecular complexity index is 816. The number of phenols is 1. The van der Waals surface area contributed by atoms with E-state index in [0.29, 0.717) is 15.1 Å². The Morgan fingerprint density at radius 1 is 1.17 bits per heavy atom. The molecular weight excluding hydrogens is 332 g/mol. The number of carbonyl (C=O) groups is 1. The number of aliphatic imine (C=N–C) groups is 1. The predicted molar refractivity (Wildman–Crippen MR) is 96.0 cm³/mol. The van der Waals surface area contributed by atoms with Crippen LogP contribution in [0.5, 0.6) is 5.75 Å². The van der Waals surface area contributed by atoms with Gasteiger partial charge < -0.3 is 10.0 Å². The minimum absolute atomic E-state index is 0.193. The van der Waals surface area contributed by atoms with E-state index in [1.807, 2.05) is 25.2 Å². The van der Waals surface area contributed by atoms with E-state index >= 15 is 0 Å². The van der Waals surface area contributed by atoms with Crippen molar-refractivity contribution >= 4 is 46.2 Å². The molecular formula is C17H13ClN2O2S. The van der Waals surface area contributed by atoms with Crippen LogP contribution in [0, 0.1) is 0 Å². The summed E-state index contributed by atoms with van der Waals surface area (Å²) < 4.78 is 0. The van der Waals surface area contributed by atoms with Crippen molar-refractivity contribution in [2.45, 2.75) is 0 Å². The number of phenolic OH excluding ortho intramolecular Hbond substituents is 1. The third-order valence-electron chi connectivity index (χ3n) is 3.32. The van der Waals surface area contributed by atoms with Gasteiger partial charge in [-0.2, -0.15) is 4.99 Å². The van der Waals surface area contributed by atoms with Crippen LogP contribution in [0.1, 0.15) is 5.56 Å². The second-order valence-electron chi connectivity index (χ2n) is 4.91. The van der Waals surface area contributed by atoms with Crippen LogP contribution < -0.4 is 4.90 Å². The Kier molecular flexibility index (Phi) is 4.41. The minimum atomic E-state index is -0.282. The van der Waals surface area contributed by atoms with Crippen molar-refractivity contribution < 1.29 is 9.90 Å². The van der Waals surface area contributed by atoms with Gasteiger partial charge in [-0.25, -0.2) is 0 Å². The third-order valence-corrected chi connectivity index (χ3v) is 4.73. The molecule has 1 aliphatic rings. The SMILES string of the molecule is CN(C1=NC(=O)/C(=C/c2ccccc2Cl)S1)c1ccc(O)cc1.